The molecule has 126 valence electrons. The topological polar surface area (TPSA) is 75.7 Å². The van der Waals surface area contributed by atoms with E-state index in [4.69, 9.17) is 14.9 Å². The van der Waals surface area contributed by atoms with Crippen molar-refractivity contribution in [2.75, 3.05) is 18.5 Å². The summed E-state index contributed by atoms with van der Waals surface area (Å²) in [4.78, 5) is 15.5. The van der Waals surface area contributed by atoms with Gasteiger partial charge >= 0.3 is 5.69 Å². The molecule has 2 aromatic carbocycles. The second kappa shape index (κ2) is 9.38. The lowest BCUT2D eigenvalue weighted by molar-refractivity contribution is -0.0000135. The number of ether oxygens (including phenoxy) is 2. The molecular weight excluding hydrogens is 330 g/mol. The highest BCUT2D eigenvalue weighted by Gasteiger charge is 2.22. The number of anilines is 1. The van der Waals surface area contributed by atoms with E-state index in [9.17, 15) is 4.79 Å². The SMILES string of the molecule is CCOc1cc(NC(=O)c2ccccc2)c(OCC)cc1[N+]#N.[Cl-]. The molecule has 0 saturated carbocycles. The van der Waals surface area contributed by atoms with Crippen molar-refractivity contribution in [3.05, 3.63) is 53.0 Å². The van der Waals surface area contributed by atoms with E-state index in [1.807, 2.05) is 19.9 Å². The summed E-state index contributed by atoms with van der Waals surface area (Å²) in [5.41, 5.74) is 1.23. The van der Waals surface area contributed by atoms with Crippen molar-refractivity contribution in [1.29, 1.82) is 5.39 Å². The van der Waals surface area contributed by atoms with Crippen molar-refractivity contribution >= 4 is 17.3 Å². The second-order valence-electron chi connectivity index (χ2n) is 4.60. The maximum Gasteiger partial charge on any atom is 0.430 e. The summed E-state index contributed by atoms with van der Waals surface area (Å²) in [6.07, 6.45) is 0. The fourth-order valence-electron chi connectivity index (χ4n) is 2.06. The largest absolute Gasteiger partial charge is 1.00 e. The Morgan fingerprint density at radius 2 is 1.71 bits per heavy atom. The number of nitrogens with one attached hydrogen (secondary N) is 1. The molecule has 0 aliphatic rings. The van der Waals surface area contributed by atoms with Gasteiger partial charge in [-0.15, -0.1) is 0 Å². The molecule has 0 aliphatic heterocycles. The molecule has 0 unspecified atom stereocenters. The fraction of sp³-hybridized carbons (Fsp3) is 0.235. The normalized spacial score (nSPS) is 9.38. The Hall–Kier alpha value is -2.78. The van der Waals surface area contributed by atoms with Crippen LogP contribution in [0.1, 0.15) is 24.2 Å². The third-order valence-corrected chi connectivity index (χ3v) is 3.05. The van der Waals surface area contributed by atoms with E-state index in [0.717, 1.165) is 0 Å². The van der Waals surface area contributed by atoms with Gasteiger partial charge in [0, 0.05) is 11.6 Å². The standard InChI is InChI=1S/C17H17N3O3.ClH/c1-3-22-15-11-14(20-18)16(23-4-2)10-13(15)19-17(21)12-8-6-5-7-9-12;/h5-11H,3-4H2,1-2H3;1H. The van der Waals surface area contributed by atoms with E-state index in [1.165, 1.54) is 6.07 Å². The van der Waals surface area contributed by atoms with Gasteiger partial charge < -0.3 is 27.2 Å². The molecule has 2 rings (SSSR count). The molecule has 0 atom stereocenters. The summed E-state index contributed by atoms with van der Waals surface area (Å²) in [6, 6.07) is 12.0. The Kier molecular flexibility index (Phi) is 7.53. The van der Waals surface area contributed by atoms with Crippen LogP contribution in [0.15, 0.2) is 42.5 Å². The first kappa shape index (κ1) is 19.3. The highest BCUT2D eigenvalue weighted by Crippen LogP contribution is 2.38. The van der Waals surface area contributed by atoms with Gasteiger partial charge in [-0.2, -0.15) is 0 Å². The molecule has 0 saturated heterocycles. The molecule has 7 heteroatoms. The van der Waals surface area contributed by atoms with Gasteiger partial charge in [0.1, 0.15) is 0 Å². The summed E-state index contributed by atoms with van der Waals surface area (Å²) in [7, 11) is 0. The molecule has 6 nitrogen and oxygen atoms in total. The number of carbonyl (C=O) groups excluding carboxylic acids is 1. The Morgan fingerprint density at radius 1 is 1.08 bits per heavy atom. The minimum Gasteiger partial charge on any atom is -1.00 e. The van der Waals surface area contributed by atoms with Crippen LogP contribution in [0, 0.1) is 5.39 Å². The Morgan fingerprint density at radius 3 is 2.29 bits per heavy atom. The predicted octanol–water partition coefficient (Wildman–Crippen LogP) is 1.22. The number of rotatable bonds is 6. The maximum atomic E-state index is 12.3. The van der Waals surface area contributed by atoms with Gasteiger partial charge in [0.05, 0.1) is 25.0 Å². The van der Waals surface area contributed by atoms with Crippen molar-refractivity contribution in [3.8, 4) is 11.5 Å². The molecule has 0 spiro atoms. The molecule has 1 amide bonds. The van der Waals surface area contributed by atoms with E-state index in [0.29, 0.717) is 36.0 Å². The van der Waals surface area contributed by atoms with Crippen LogP contribution in [-0.4, -0.2) is 19.1 Å². The fourth-order valence-corrected chi connectivity index (χ4v) is 2.06. The zero-order chi connectivity index (χ0) is 16.7. The van der Waals surface area contributed by atoms with Crippen LogP contribution in [0.3, 0.4) is 0 Å². The Labute approximate surface area is 146 Å². The van der Waals surface area contributed by atoms with E-state index >= 15 is 0 Å². The minimum absolute atomic E-state index is 0. The minimum atomic E-state index is -0.261. The first-order valence-electron chi connectivity index (χ1n) is 7.34. The van der Waals surface area contributed by atoms with Crippen molar-refractivity contribution < 1.29 is 26.7 Å². The number of hydrogen-bond donors (Lipinski definition) is 1. The van der Waals surface area contributed by atoms with Crippen LogP contribution < -0.4 is 27.2 Å². The molecule has 0 radical (unpaired) electrons. The van der Waals surface area contributed by atoms with Gasteiger partial charge in [-0.25, -0.2) is 0 Å². The monoisotopic (exact) mass is 347 g/mol. The highest BCUT2D eigenvalue weighted by molar-refractivity contribution is 6.05. The van der Waals surface area contributed by atoms with Gasteiger partial charge in [-0.1, -0.05) is 18.2 Å². The predicted molar refractivity (Wildman–Crippen MR) is 87.9 cm³/mol. The first-order chi connectivity index (χ1) is 11.2. The quantitative estimate of drug-likeness (QED) is 0.797. The van der Waals surface area contributed by atoms with E-state index < -0.39 is 0 Å². The smallest absolute Gasteiger partial charge is 0.430 e. The van der Waals surface area contributed by atoms with Crippen molar-refractivity contribution in [2.45, 2.75) is 13.8 Å². The maximum absolute atomic E-state index is 12.3. The third kappa shape index (κ3) is 4.61. The van der Waals surface area contributed by atoms with Crippen molar-refractivity contribution in [1.82, 2.24) is 0 Å². The van der Waals surface area contributed by atoms with Gasteiger partial charge in [-0.05, 0) is 26.0 Å². The summed E-state index contributed by atoms with van der Waals surface area (Å²) in [6.45, 7) is 4.46. The van der Waals surface area contributed by atoms with Gasteiger partial charge in [0.15, 0.2) is 10.7 Å². The lowest BCUT2D eigenvalue weighted by Crippen LogP contribution is -3.00. The molecular formula is C17H18ClN3O3. The molecule has 0 aliphatic carbocycles. The summed E-state index contributed by atoms with van der Waals surface area (Å²) >= 11 is 0. The van der Waals surface area contributed by atoms with Gasteiger partial charge in [0.2, 0.25) is 11.1 Å². The summed E-state index contributed by atoms with van der Waals surface area (Å²) in [5, 5.41) is 11.9. The lowest BCUT2D eigenvalue weighted by Gasteiger charge is -2.12. The van der Waals surface area contributed by atoms with Gasteiger partial charge in [-0.3, -0.25) is 4.79 Å². The number of carbonyl (C=O) groups is 1. The Balaban J connectivity index is 0.00000288. The molecule has 0 bridgehead atoms. The first-order valence-corrected chi connectivity index (χ1v) is 7.34. The van der Waals surface area contributed by atoms with E-state index in [-0.39, 0.29) is 24.0 Å². The lowest BCUT2D eigenvalue weighted by atomic mass is 10.2. The van der Waals surface area contributed by atoms with E-state index in [2.05, 4.69) is 10.3 Å². The Bertz CT molecular complexity index is 730. The van der Waals surface area contributed by atoms with Crippen LogP contribution in [0.25, 0.3) is 4.98 Å². The van der Waals surface area contributed by atoms with Crippen LogP contribution in [0.5, 0.6) is 11.5 Å². The summed E-state index contributed by atoms with van der Waals surface area (Å²) < 4.78 is 10.9. The van der Waals surface area contributed by atoms with Crippen LogP contribution in [0.4, 0.5) is 11.4 Å². The van der Waals surface area contributed by atoms with Crippen LogP contribution >= 0.6 is 0 Å². The third-order valence-electron chi connectivity index (χ3n) is 3.05. The zero-order valence-corrected chi connectivity index (χ0v) is 14.2. The molecule has 0 aromatic heterocycles. The zero-order valence-electron chi connectivity index (χ0n) is 13.5. The molecule has 0 fully saturated rings. The number of benzene rings is 2. The second-order valence-corrected chi connectivity index (χ2v) is 4.60. The average molecular weight is 348 g/mol. The molecule has 2 aromatic rings. The van der Waals surface area contributed by atoms with E-state index in [1.54, 1.807) is 30.3 Å². The molecule has 0 heterocycles. The van der Waals surface area contributed by atoms with Gasteiger partial charge in [0.25, 0.3) is 5.91 Å². The average Bonchev–Trinajstić information content (AvgIpc) is 2.58. The number of halogens is 1. The van der Waals surface area contributed by atoms with Crippen molar-refractivity contribution in [2.24, 2.45) is 0 Å². The van der Waals surface area contributed by atoms with Crippen LogP contribution in [-0.2, 0) is 0 Å². The number of amides is 1. The highest BCUT2D eigenvalue weighted by atomic mass is 35.5. The van der Waals surface area contributed by atoms with Crippen LogP contribution in [0.2, 0.25) is 0 Å². The molecule has 1 N–H and O–H groups in total. The number of hydrogen-bond acceptors (Lipinski definition) is 4. The summed E-state index contributed by atoms with van der Waals surface area (Å²) in [5.74, 6) is 0.512. The van der Waals surface area contributed by atoms with Crippen molar-refractivity contribution in [3.63, 3.8) is 0 Å². The number of nitrogens with zero attached hydrogens (tertiary/aromatic N) is 2. The number of diazo groups is 1. The molecule has 24 heavy (non-hydrogen) atoms.